The number of benzene rings is 2. The second-order valence-electron chi connectivity index (χ2n) is 6.72. The number of carbonyl (C=O) groups is 1. The first-order valence-corrected chi connectivity index (χ1v) is 8.65. The number of nitrogens with zero attached hydrogens (tertiary/aromatic N) is 1. The van der Waals surface area contributed by atoms with Crippen molar-refractivity contribution in [1.82, 2.24) is 15.5 Å². The molecule has 5 nitrogen and oxygen atoms in total. The first-order chi connectivity index (χ1) is 12.2. The molecular weight excluding hydrogens is 314 g/mol. The standard InChI is InChI=1S/C20H21N3O2/c24-19(12-18-15-8-2-4-10-17(15)22-23-18)21-13-20(25)11-5-7-14-6-1-3-9-16(14)20/h1-4,6,8-10,25H,5,7,11-13H2,(H,21,24)(H,22,23). The van der Waals surface area contributed by atoms with Gasteiger partial charge in [-0.1, -0.05) is 42.5 Å². The van der Waals surface area contributed by atoms with Crippen LogP contribution in [0.5, 0.6) is 0 Å². The Morgan fingerprint density at radius 1 is 1.20 bits per heavy atom. The van der Waals surface area contributed by atoms with Gasteiger partial charge in [0.15, 0.2) is 0 Å². The number of hydrogen-bond donors (Lipinski definition) is 3. The fraction of sp³-hybridized carbons (Fsp3) is 0.300. The Morgan fingerprint density at radius 2 is 2.00 bits per heavy atom. The van der Waals surface area contributed by atoms with Gasteiger partial charge in [0, 0.05) is 5.39 Å². The van der Waals surface area contributed by atoms with Crippen LogP contribution in [0.4, 0.5) is 0 Å². The third-order valence-corrected chi connectivity index (χ3v) is 5.01. The summed E-state index contributed by atoms with van der Waals surface area (Å²) in [5, 5.41) is 22.0. The second kappa shape index (κ2) is 6.33. The van der Waals surface area contributed by atoms with Crippen LogP contribution in [0.2, 0.25) is 0 Å². The Hall–Kier alpha value is -2.66. The number of carbonyl (C=O) groups excluding carboxylic acids is 1. The molecule has 0 saturated carbocycles. The molecule has 128 valence electrons. The third kappa shape index (κ3) is 3.03. The van der Waals surface area contributed by atoms with Crippen LogP contribution in [-0.4, -0.2) is 27.8 Å². The first kappa shape index (κ1) is 15.8. The molecule has 3 N–H and O–H groups in total. The number of fused-ring (bicyclic) bond motifs is 2. The molecule has 3 aromatic rings. The topological polar surface area (TPSA) is 78.0 Å². The van der Waals surface area contributed by atoms with Crippen molar-refractivity contribution in [3.63, 3.8) is 0 Å². The molecule has 1 aliphatic carbocycles. The van der Waals surface area contributed by atoms with Crippen molar-refractivity contribution in [2.75, 3.05) is 6.54 Å². The summed E-state index contributed by atoms with van der Waals surface area (Å²) < 4.78 is 0. The van der Waals surface area contributed by atoms with E-state index in [1.165, 1.54) is 5.56 Å². The van der Waals surface area contributed by atoms with E-state index in [0.717, 1.165) is 35.0 Å². The average molecular weight is 335 g/mol. The van der Waals surface area contributed by atoms with Gasteiger partial charge in [-0.2, -0.15) is 5.10 Å². The summed E-state index contributed by atoms with van der Waals surface area (Å²) in [6, 6.07) is 15.7. The van der Waals surface area contributed by atoms with Crippen LogP contribution in [0.15, 0.2) is 48.5 Å². The van der Waals surface area contributed by atoms with E-state index in [0.29, 0.717) is 6.42 Å². The molecule has 5 heteroatoms. The zero-order valence-electron chi connectivity index (χ0n) is 14.0. The van der Waals surface area contributed by atoms with Crippen LogP contribution in [0.3, 0.4) is 0 Å². The van der Waals surface area contributed by atoms with Gasteiger partial charge in [0.2, 0.25) is 5.91 Å². The summed E-state index contributed by atoms with van der Waals surface area (Å²) in [6.07, 6.45) is 2.79. The number of aromatic amines is 1. The Balaban J connectivity index is 1.46. The summed E-state index contributed by atoms with van der Waals surface area (Å²) in [5.41, 5.74) is 2.77. The normalized spacial score (nSPS) is 19.6. The number of aliphatic hydroxyl groups is 1. The van der Waals surface area contributed by atoms with E-state index >= 15 is 0 Å². The maximum Gasteiger partial charge on any atom is 0.226 e. The molecule has 1 unspecified atom stereocenters. The van der Waals surface area contributed by atoms with E-state index in [-0.39, 0.29) is 18.9 Å². The summed E-state index contributed by atoms with van der Waals surface area (Å²) in [4.78, 5) is 12.4. The van der Waals surface area contributed by atoms with E-state index in [2.05, 4.69) is 21.6 Å². The Kier molecular flexibility index (Phi) is 4.01. The lowest BCUT2D eigenvalue weighted by molar-refractivity contribution is -0.122. The van der Waals surface area contributed by atoms with E-state index in [1.807, 2.05) is 42.5 Å². The third-order valence-electron chi connectivity index (χ3n) is 5.01. The van der Waals surface area contributed by atoms with Gasteiger partial charge in [0.25, 0.3) is 0 Å². The second-order valence-corrected chi connectivity index (χ2v) is 6.72. The highest BCUT2D eigenvalue weighted by Gasteiger charge is 2.34. The molecule has 1 amide bonds. The van der Waals surface area contributed by atoms with Gasteiger partial charge >= 0.3 is 0 Å². The molecule has 1 aromatic heterocycles. The van der Waals surface area contributed by atoms with Crippen molar-refractivity contribution in [3.8, 4) is 0 Å². The zero-order valence-corrected chi connectivity index (χ0v) is 14.0. The lowest BCUT2D eigenvalue weighted by atomic mass is 9.79. The lowest BCUT2D eigenvalue weighted by Gasteiger charge is -2.34. The van der Waals surface area contributed by atoms with Crippen LogP contribution in [-0.2, 0) is 23.2 Å². The minimum atomic E-state index is -0.986. The van der Waals surface area contributed by atoms with Gasteiger partial charge in [0.05, 0.1) is 24.2 Å². The largest absolute Gasteiger partial charge is 0.383 e. The number of amides is 1. The molecule has 1 aliphatic rings. The molecule has 1 heterocycles. The van der Waals surface area contributed by atoms with Crippen LogP contribution in [0.1, 0.15) is 29.7 Å². The minimum absolute atomic E-state index is 0.120. The highest BCUT2D eigenvalue weighted by molar-refractivity contribution is 5.87. The van der Waals surface area contributed by atoms with Crippen LogP contribution < -0.4 is 5.32 Å². The van der Waals surface area contributed by atoms with Gasteiger partial charge < -0.3 is 10.4 Å². The fourth-order valence-corrected chi connectivity index (χ4v) is 3.70. The van der Waals surface area contributed by atoms with Crippen molar-refractivity contribution >= 4 is 16.8 Å². The molecule has 0 aliphatic heterocycles. The highest BCUT2D eigenvalue weighted by Crippen LogP contribution is 2.34. The first-order valence-electron chi connectivity index (χ1n) is 8.65. The van der Waals surface area contributed by atoms with Crippen LogP contribution >= 0.6 is 0 Å². The molecule has 0 radical (unpaired) electrons. The smallest absolute Gasteiger partial charge is 0.226 e. The maximum absolute atomic E-state index is 12.4. The number of aryl methyl sites for hydroxylation is 1. The summed E-state index contributed by atoms with van der Waals surface area (Å²) in [5.74, 6) is -0.120. The van der Waals surface area contributed by atoms with Crippen molar-refractivity contribution in [2.24, 2.45) is 0 Å². The van der Waals surface area contributed by atoms with Gasteiger partial charge in [-0.15, -0.1) is 0 Å². The SMILES string of the molecule is O=C(Cc1[nH]nc2ccccc12)NCC1(O)CCCc2ccccc21. The number of rotatable bonds is 4. The number of hydrogen-bond acceptors (Lipinski definition) is 3. The monoisotopic (exact) mass is 335 g/mol. The van der Waals surface area contributed by atoms with Crippen molar-refractivity contribution < 1.29 is 9.90 Å². The van der Waals surface area contributed by atoms with Gasteiger partial charge in [-0.25, -0.2) is 0 Å². The molecule has 0 bridgehead atoms. The molecule has 0 saturated heterocycles. The summed E-state index contributed by atoms with van der Waals surface area (Å²) >= 11 is 0. The minimum Gasteiger partial charge on any atom is -0.383 e. The Morgan fingerprint density at radius 3 is 2.92 bits per heavy atom. The van der Waals surface area contributed by atoms with Gasteiger partial charge in [0.1, 0.15) is 5.60 Å². The van der Waals surface area contributed by atoms with Crippen molar-refractivity contribution in [1.29, 1.82) is 0 Å². The number of para-hydroxylation sites is 1. The van der Waals surface area contributed by atoms with E-state index in [1.54, 1.807) is 0 Å². The number of aromatic nitrogens is 2. The predicted molar refractivity (Wildman–Crippen MR) is 96.1 cm³/mol. The van der Waals surface area contributed by atoms with Crippen LogP contribution in [0.25, 0.3) is 10.9 Å². The molecule has 0 fully saturated rings. The van der Waals surface area contributed by atoms with Gasteiger partial charge in [-0.3, -0.25) is 9.89 Å². The fourth-order valence-electron chi connectivity index (χ4n) is 3.70. The van der Waals surface area contributed by atoms with E-state index < -0.39 is 5.60 Å². The molecular formula is C20H21N3O2. The quantitative estimate of drug-likeness (QED) is 0.685. The number of H-pyrrole nitrogens is 1. The van der Waals surface area contributed by atoms with Gasteiger partial charge in [-0.05, 0) is 36.5 Å². The molecule has 1 atom stereocenters. The predicted octanol–water partition coefficient (Wildman–Crippen LogP) is 2.45. The van der Waals surface area contributed by atoms with Crippen molar-refractivity contribution in [2.45, 2.75) is 31.3 Å². The maximum atomic E-state index is 12.4. The van der Waals surface area contributed by atoms with Crippen LogP contribution in [0, 0.1) is 0 Å². The molecule has 25 heavy (non-hydrogen) atoms. The molecule has 2 aromatic carbocycles. The summed E-state index contributed by atoms with van der Waals surface area (Å²) in [6.45, 7) is 0.231. The Bertz CT molecular complexity index is 918. The summed E-state index contributed by atoms with van der Waals surface area (Å²) in [7, 11) is 0. The highest BCUT2D eigenvalue weighted by atomic mass is 16.3. The van der Waals surface area contributed by atoms with Crippen molar-refractivity contribution in [3.05, 3.63) is 65.4 Å². The number of nitrogens with one attached hydrogen (secondary N) is 2. The molecule has 0 spiro atoms. The average Bonchev–Trinajstić information content (AvgIpc) is 3.04. The molecule has 4 rings (SSSR count). The zero-order chi connectivity index (χ0) is 17.3. The van der Waals surface area contributed by atoms with E-state index in [9.17, 15) is 9.90 Å². The lowest BCUT2D eigenvalue weighted by Crippen LogP contribution is -2.43. The van der Waals surface area contributed by atoms with E-state index in [4.69, 9.17) is 0 Å². The Labute approximate surface area is 146 Å².